The van der Waals surface area contributed by atoms with Crippen molar-refractivity contribution in [2.24, 2.45) is 0 Å². The molecule has 0 saturated carbocycles. The van der Waals surface area contributed by atoms with Crippen molar-refractivity contribution in [1.82, 2.24) is 5.32 Å². The van der Waals surface area contributed by atoms with Crippen LogP contribution in [-0.2, 0) is 0 Å². The molecule has 0 aliphatic heterocycles. The third-order valence-electron chi connectivity index (χ3n) is 3.15. The third kappa shape index (κ3) is 4.05. The predicted molar refractivity (Wildman–Crippen MR) is 79.9 cm³/mol. The molecule has 110 valence electrons. The molecule has 2 aromatic carbocycles. The van der Waals surface area contributed by atoms with E-state index in [0.717, 1.165) is 11.3 Å². The molecule has 1 N–H and O–H groups in total. The van der Waals surface area contributed by atoms with Crippen molar-refractivity contribution in [2.75, 3.05) is 6.61 Å². The summed E-state index contributed by atoms with van der Waals surface area (Å²) in [6.45, 7) is 4.45. The number of benzene rings is 2. The third-order valence-corrected chi connectivity index (χ3v) is 3.15. The first-order valence-corrected chi connectivity index (χ1v) is 6.89. The minimum Gasteiger partial charge on any atom is -0.494 e. The molecule has 0 saturated heterocycles. The Morgan fingerprint density at radius 2 is 1.76 bits per heavy atom. The number of hydrogen-bond donors (Lipinski definition) is 1. The lowest BCUT2D eigenvalue weighted by Crippen LogP contribution is -2.26. The van der Waals surface area contributed by atoms with E-state index in [4.69, 9.17) is 4.74 Å². The minimum absolute atomic E-state index is 0.141. The van der Waals surface area contributed by atoms with E-state index in [0.29, 0.717) is 12.2 Å². The molecule has 0 aliphatic carbocycles. The van der Waals surface area contributed by atoms with Crippen molar-refractivity contribution >= 4 is 5.91 Å². The number of ether oxygens (including phenoxy) is 1. The van der Waals surface area contributed by atoms with Gasteiger partial charge < -0.3 is 10.1 Å². The zero-order valence-corrected chi connectivity index (χ0v) is 12.1. The van der Waals surface area contributed by atoms with Crippen LogP contribution in [0.2, 0.25) is 0 Å². The Morgan fingerprint density at radius 1 is 1.14 bits per heavy atom. The molecular formula is C17H18FNO2. The first-order chi connectivity index (χ1) is 10.1. The van der Waals surface area contributed by atoms with Crippen molar-refractivity contribution < 1.29 is 13.9 Å². The Kier molecular flexibility index (Phi) is 4.93. The lowest BCUT2D eigenvalue weighted by Gasteiger charge is -2.15. The first-order valence-electron chi connectivity index (χ1n) is 6.89. The molecule has 0 unspecified atom stereocenters. The predicted octanol–water partition coefficient (Wildman–Crippen LogP) is 3.72. The number of amides is 1. The molecule has 21 heavy (non-hydrogen) atoms. The summed E-state index contributed by atoms with van der Waals surface area (Å²) in [5, 5.41) is 2.88. The summed E-state index contributed by atoms with van der Waals surface area (Å²) in [5.74, 6) is 0.223. The van der Waals surface area contributed by atoms with Crippen LogP contribution in [0, 0.1) is 5.82 Å². The molecule has 4 heteroatoms. The lowest BCUT2D eigenvalue weighted by atomic mass is 10.1. The number of halogens is 1. The number of nitrogens with one attached hydrogen (secondary N) is 1. The molecule has 2 aromatic rings. The van der Waals surface area contributed by atoms with Gasteiger partial charge in [-0.3, -0.25) is 4.79 Å². The SMILES string of the molecule is CCOc1ccc([C@@H](C)NC(=O)c2ccc(F)cc2)cc1. The van der Waals surface area contributed by atoms with E-state index in [1.807, 2.05) is 38.1 Å². The van der Waals surface area contributed by atoms with Crippen molar-refractivity contribution in [3.63, 3.8) is 0 Å². The molecule has 0 heterocycles. The average molecular weight is 287 g/mol. The van der Waals surface area contributed by atoms with E-state index in [9.17, 15) is 9.18 Å². The van der Waals surface area contributed by atoms with E-state index in [-0.39, 0.29) is 17.8 Å². The van der Waals surface area contributed by atoms with Gasteiger partial charge in [-0.15, -0.1) is 0 Å². The number of carbonyl (C=O) groups is 1. The maximum atomic E-state index is 12.8. The van der Waals surface area contributed by atoms with Crippen LogP contribution >= 0.6 is 0 Å². The highest BCUT2D eigenvalue weighted by Gasteiger charge is 2.11. The monoisotopic (exact) mass is 287 g/mol. The van der Waals surface area contributed by atoms with Gasteiger partial charge in [-0.05, 0) is 55.8 Å². The summed E-state index contributed by atoms with van der Waals surface area (Å²) in [6, 6.07) is 12.9. The quantitative estimate of drug-likeness (QED) is 0.910. The van der Waals surface area contributed by atoms with Crippen LogP contribution < -0.4 is 10.1 Å². The van der Waals surface area contributed by atoms with Gasteiger partial charge in [0.05, 0.1) is 12.6 Å². The maximum absolute atomic E-state index is 12.8. The second kappa shape index (κ2) is 6.88. The fraction of sp³-hybridized carbons (Fsp3) is 0.235. The molecule has 0 aromatic heterocycles. The van der Waals surface area contributed by atoms with Gasteiger partial charge in [0, 0.05) is 5.56 Å². The molecular weight excluding hydrogens is 269 g/mol. The minimum atomic E-state index is -0.355. The Bertz CT molecular complexity index is 593. The normalized spacial score (nSPS) is 11.8. The Labute approximate surface area is 123 Å². The highest BCUT2D eigenvalue weighted by atomic mass is 19.1. The fourth-order valence-corrected chi connectivity index (χ4v) is 1.98. The van der Waals surface area contributed by atoms with Crippen LogP contribution in [0.5, 0.6) is 5.75 Å². The zero-order valence-electron chi connectivity index (χ0n) is 12.1. The van der Waals surface area contributed by atoms with E-state index < -0.39 is 0 Å². The highest BCUT2D eigenvalue weighted by Crippen LogP contribution is 2.18. The Morgan fingerprint density at radius 3 is 2.33 bits per heavy atom. The molecule has 1 atom stereocenters. The van der Waals surface area contributed by atoms with Crippen LogP contribution in [0.25, 0.3) is 0 Å². The Hall–Kier alpha value is -2.36. The molecule has 0 fully saturated rings. The number of rotatable bonds is 5. The topological polar surface area (TPSA) is 38.3 Å². The van der Waals surface area contributed by atoms with E-state index in [1.165, 1.54) is 24.3 Å². The summed E-state index contributed by atoms with van der Waals surface area (Å²) < 4.78 is 18.2. The summed E-state index contributed by atoms with van der Waals surface area (Å²) >= 11 is 0. The second-order valence-electron chi connectivity index (χ2n) is 4.70. The molecule has 3 nitrogen and oxygen atoms in total. The summed E-state index contributed by atoms with van der Waals surface area (Å²) in [5.41, 5.74) is 1.42. The van der Waals surface area contributed by atoms with Gasteiger partial charge in [-0.2, -0.15) is 0 Å². The van der Waals surface area contributed by atoms with Gasteiger partial charge in [-0.1, -0.05) is 12.1 Å². The summed E-state index contributed by atoms with van der Waals surface area (Å²) in [7, 11) is 0. The van der Waals surface area contributed by atoms with Gasteiger partial charge in [0.15, 0.2) is 0 Å². The van der Waals surface area contributed by atoms with Gasteiger partial charge in [0.25, 0.3) is 5.91 Å². The molecule has 0 aliphatic rings. The fourth-order valence-electron chi connectivity index (χ4n) is 1.98. The van der Waals surface area contributed by atoms with Crippen LogP contribution in [-0.4, -0.2) is 12.5 Å². The standard InChI is InChI=1S/C17H18FNO2/c1-3-21-16-10-6-13(7-11-16)12(2)19-17(20)14-4-8-15(18)9-5-14/h4-12H,3H2,1-2H3,(H,19,20)/t12-/m1/s1. The van der Waals surface area contributed by atoms with E-state index >= 15 is 0 Å². The van der Waals surface area contributed by atoms with Gasteiger partial charge in [0.1, 0.15) is 11.6 Å². The molecule has 0 spiro atoms. The van der Waals surface area contributed by atoms with Crippen LogP contribution in [0.3, 0.4) is 0 Å². The van der Waals surface area contributed by atoms with E-state index in [2.05, 4.69) is 5.32 Å². The van der Waals surface area contributed by atoms with Crippen molar-refractivity contribution in [1.29, 1.82) is 0 Å². The van der Waals surface area contributed by atoms with Crippen LogP contribution in [0.15, 0.2) is 48.5 Å². The van der Waals surface area contributed by atoms with Crippen LogP contribution in [0.4, 0.5) is 4.39 Å². The smallest absolute Gasteiger partial charge is 0.251 e. The largest absolute Gasteiger partial charge is 0.494 e. The highest BCUT2D eigenvalue weighted by molar-refractivity contribution is 5.94. The number of hydrogen-bond acceptors (Lipinski definition) is 2. The average Bonchev–Trinajstić information content (AvgIpc) is 2.49. The van der Waals surface area contributed by atoms with Crippen molar-refractivity contribution in [2.45, 2.75) is 19.9 Å². The van der Waals surface area contributed by atoms with Gasteiger partial charge >= 0.3 is 0 Å². The summed E-state index contributed by atoms with van der Waals surface area (Å²) in [4.78, 5) is 12.1. The van der Waals surface area contributed by atoms with Crippen molar-refractivity contribution in [3.8, 4) is 5.75 Å². The van der Waals surface area contributed by atoms with Crippen LogP contribution in [0.1, 0.15) is 35.8 Å². The maximum Gasteiger partial charge on any atom is 0.251 e. The van der Waals surface area contributed by atoms with Crippen molar-refractivity contribution in [3.05, 3.63) is 65.5 Å². The Balaban J connectivity index is 2.01. The molecule has 0 bridgehead atoms. The molecule has 2 rings (SSSR count). The zero-order chi connectivity index (χ0) is 15.2. The van der Waals surface area contributed by atoms with Gasteiger partial charge in [-0.25, -0.2) is 4.39 Å². The second-order valence-corrected chi connectivity index (χ2v) is 4.70. The van der Waals surface area contributed by atoms with E-state index in [1.54, 1.807) is 0 Å². The summed E-state index contributed by atoms with van der Waals surface area (Å²) in [6.07, 6.45) is 0. The number of carbonyl (C=O) groups excluding carboxylic acids is 1. The molecule has 1 amide bonds. The van der Waals surface area contributed by atoms with Gasteiger partial charge in [0.2, 0.25) is 0 Å². The first kappa shape index (κ1) is 15.0. The molecule has 0 radical (unpaired) electrons. The lowest BCUT2D eigenvalue weighted by molar-refractivity contribution is 0.0940.